The number of hydrogen-bond donors (Lipinski definition) is 0. The first kappa shape index (κ1) is 32.5. The lowest BCUT2D eigenvalue weighted by atomic mass is 10.1. The number of carbonyl (C=O) groups excluding carboxylic acids is 2. The molecule has 3 rings (SSSR count). The molecule has 0 aromatic heterocycles. The van der Waals surface area contributed by atoms with Crippen LogP contribution in [0.25, 0.3) is 6.08 Å². The van der Waals surface area contributed by atoms with Gasteiger partial charge in [-0.3, -0.25) is 4.79 Å². The Kier molecular flexibility index (Phi) is 14.2. The van der Waals surface area contributed by atoms with E-state index >= 15 is 0 Å². The number of carbonyl (C=O) groups is 2. The van der Waals surface area contributed by atoms with Crippen LogP contribution in [0.2, 0.25) is 0 Å². The predicted molar refractivity (Wildman–Crippen MR) is 168 cm³/mol. The lowest BCUT2D eigenvalue weighted by Crippen LogP contribution is -2.08. The number of hydrogen-bond acceptors (Lipinski definition) is 6. The fraction of sp³-hybridized carbons (Fsp3) is 0.389. The molecule has 0 aliphatic heterocycles. The van der Waals surface area contributed by atoms with Gasteiger partial charge >= 0.3 is 5.97 Å². The van der Waals surface area contributed by atoms with Crippen molar-refractivity contribution in [3.8, 4) is 23.0 Å². The highest BCUT2D eigenvalue weighted by Crippen LogP contribution is 2.28. The van der Waals surface area contributed by atoms with Crippen LogP contribution in [0, 0.1) is 0 Å². The van der Waals surface area contributed by atoms with Crippen LogP contribution in [-0.2, 0) is 0 Å². The van der Waals surface area contributed by atoms with E-state index in [4.69, 9.17) is 18.9 Å². The minimum atomic E-state index is -0.469. The van der Waals surface area contributed by atoms with E-state index in [1.54, 1.807) is 81.0 Å². The molecule has 0 saturated heterocycles. The molecule has 3 aromatic rings. The Hall–Kier alpha value is -4.06. The van der Waals surface area contributed by atoms with E-state index in [2.05, 4.69) is 6.92 Å². The molecule has 224 valence electrons. The topological polar surface area (TPSA) is 71.1 Å². The second-order valence-corrected chi connectivity index (χ2v) is 10.3. The van der Waals surface area contributed by atoms with Gasteiger partial charge in [0.15, 0.2) is 17.3 Å². The average molecular weight is 573 g/mol. The van der Waals surface area contributed by atoms with Gasteiger partial charge in [0.2, 0.25) is 0 Å². The van der Waals surface area contributed by atoms with Gasteiger partial charge in [-0.2, -0.15) is 0 Å². The Morgan fingerprint density at radius 3 is 1.83 bits per heavy atom. The van der Waals surface area contributed by atoms with E-state index < -0.39 is 5.97 Å². The first-order valence-corrected chi connectivity index (χ1v) is 15.0. The fourth-order valence-electron chi connectivity index (χ4n) is 4.54. The van der Waals surface area contributed by atoms with Crippen molar-refractivity contribution >= 4 is 17.8 Å². The molecule has 0 saturated carbocycles. The summed E-state index contributed by atoms with van der Waals surface area (Å²) < 4.78 is 21.9. The second kappa shape index (κ2) is 18.4. The maximum atomic E-state index is 12.6. The Morgan fingerprint density at radius 2 is 1.21 bits per heavy atom. The summed E-state index contributed by atoms with van der Waals surface area (Å²) in [6.07, 6.45) is 16.1. The van der Waals surface area contributed by atoms with Gasteiger partial charge in [-0.1, -0.05) is 76.9 Å². The molecular formula is C36H44O6. The molecule has 0 heterocycles. The summed E-state index contributed by atoms with van der Waals surface area (Å²) >= 11 is 0. The Labute approximate surface area is 250 Å². The molecule has 0 unspecified atom stereocenters. The molecule has 0 radical (unpaired) electrons. The number of benzene rings is 3. The second-order valence-electron chi connectivity index (χ2n) is 10.3. The molecule has 0 bridgehead atoms. The van der Waals surface area contributed by atoms with Gasteiger partial charge in [0.1, 0.15) is 11.5 Å². The SMILES string of the molecule is CCCCCCCCCCCCOc1ccc(C(=O)Oc2ccc(C(=O)/C=C/c3ccc(OC)c(OC)c3)cc2)cc1. The van der Waals surface area contributed by atoms with Crippen molar-refractivity contribution in [3.05, 3.63) is 89.5 Å². The third kappa shape index (κ3) is 11.1. The van der Waals surface area contributed by atoms with Crippen molar-refractivity contribution in [1.29, 1.82) is 0 Å². The van der Waals surface area contributed by atoms with E-state index in [0.717, 1.165) is 17.7 Å². The van der Waals surface area contributed by atoms with Crippen molar-refractivity contribution in [3.63, 3.8) is 0 Å². The number of unbranched alkanes of at least 4 members (excludes halogenated alkanes) is 9. The van der Waals surface area contributed by atoms with Crippen LogP contribution in [0.5, 0.6) is 23.0 Å². The first-order chi connectivity index (χ1) is 20.5. The van der Waals surface area contributed by atoms with Gasteiger partial charge in [0, 0.05) is 5.56 Å². The summed E-state index contributed by atoms with van der Waals surface area (Å²) in [6.45, 7) is 2.93. The standard InChI is InChI=1S/C36H44O6/c1-4-5-6-7-8-9-10-11-12-13-26-41-31-20-18-30(19-21-31)36(38)42-32-22-16-29(17-23-32)33(37)24-14-28-15-25-34(39-2)35(27-28)40-3/h14-25,27H,4-13,26H2,1-3H3/b24-14+. The van der Waals surface area contributed by atoms with Crippen molar-refractivity contribution < 1.29 is 28.5 Å². The summed E-state index contributed by atoms with van der Waals surface area (Å²) in [5.41, 5.74) is 1.72. The van der Waals surface area contributed by atoms with Crippen LogP contribution < -0.4 is 18.9 Å². The molecule has 0 N–H and O–H groups in total. The van der Waals surface area contributed by atoms with Crippen LogP contribution in [0.1, 0.15) is 97.4 Å². The van der Waals surface area contributed by atoms with Crippen molar-refractivity contribution in [2.24, 2.45) is 0 Å². The number of esters is 1. The van der Waals surface area contributed by atoms with Gasteiger partial charge in [-0.05, 0) is 78.7 Å². The van der Waals surface area contributed by atoms with Crippen LogP contribution >= 0.6 is 0 Å². The zero-order valence-electron chi connectivity index (χ0n) is 25.2. The summed E-state index contributed by atoms with van der Waals surface area (Å²) in [4.78, 5) is 25.2. The Balaban J connectivity index is 1.38. The Morgan fingerprint density at radius 1 is 0.643 bits per heavy atom. The number of allylic oxidation sites excluding steroid dienone is 1. The quantitative estimate of drug-likeness (QED) is 0.0469. The molecule has 0 spiro atoms. The fourth-order valence-corrected chi connectivity index (χ4v) is 4.54. The van der Waals surface area contributed by atoms with Gasteiger partial charge in [0.05, 0.1) is 26.4 Å². The summed E-state index contributed by atoms with van der Waals surface area (Å²) in [7, 11) is 3.14. The molecule has 3 aromatic carbocycles. The van der Waals surface area contributed by atoms with E-state index in [0.29, 0.717) is 35.0 Å². The highest BCUT2D eigenvalue weighted by atomic mass is 16.5. The van der Waals surface area contributed by atoms with E-state index in [9.17, 15) is 9.59 Å². The van der Waals surface area contributed by atoms with Crippen LogP contribution in [0.3, 0.4) is 0 Å². The molecule has 0 fully saturated rings. The Bertz CT molecular complexity index is 1260. The number of ether oxygens (including phenoxy) is 4. The maximum absolute atomic E-state index is 12.6. The van der Waals surface area contributed by atoms with Crippen molar-refractivity contribution in [1.82, 2.24) is 0 Å². The summed E-state index contributed by atoms with van der Waals surface area (Å²) in [5.74, 6) is 1.67. The molecule has 0 atom stereocenters. The maximum Gasteiger partial charge on any atom is 0.343 e. The number of methoxy groups -OCH3 is 2. The molecule has 0 amide bonds. The minimum absolute atomic E-state index is 0.170. The number of rotatable bonds is 19. The van der Waals surface area contributed by atoms with Crippen molar-refractivity contribution in [2.45, 2.75) is 71.1 Å². The van der Waals surface area contributed by atoms with Crippen molar-refractivity contribution in [2.75, 3.05) is 20.8 Å². The smallest absolute Gasteiger partial charge is 0.343 e. The van der Waals surface area contributed by atoms with E-state index in [1.165, 1.54) is 63.9 Å². The molecular weight excluding hydrogens is 528 g/mol. The molecule has 42 heavy (non-hydrogen) atoms. The lowest BCUT2D eigenvalue weighted by Gasteiger charge is -2.08. The first-order valence-electron chi connectivity index (χ1n) is 15.0. The molecule has 6 nitrogen and oxygen atoms in total. The molecule has 0 aliphatic rings. The average Bonchev–Trinajstić information content (AvgIpc) is 3.02. The van der Waals surface area contributed by atoms with Crippen LogP contribution in [0.15, 0.2) is 72.8 Å². The molecule has 0 aliphatic carbocycles. The largest absolute Gasteiger partial charge is 0.494 e. The van der Waals surface area contributed by atoms with Crippen LogP contribution in [0.4, 0.5) is 0 Å². The third-order valence-electron chi connectivity index (χ3n) is 7.04. The van der Waals surface area contributed by atoms with Gasteiger partial charge in [-0.15, -0.1) is 0 Å². The minimum Gasteiger partial charge on any atom is -0.494 e. The highest BCUT2D eigenvalue weighted by Gasteiger charge is 2.10. The van der Waals surface area contributed by atoms with Gasteiger partial charge < -0.3 is 18.9 Å². The van der Waals surface area contributed by atoms with Gasteiger partial charge in [-0.25, -0.2) is 4.79 Å². The monoisotopic (exact) mass is 572 g/mol. The summed E-state index contributed by atoms with van der Waals surface area (Å²) in [6, 6.07) is 18.9. The normalized spacial score (nSPS) is 10.9. The summed E-state index contributed by atoms with van der Waals surface area (Å²) in [5, 5.41) is 0. The zero-order chi connectivity index (χ0) is 30.0. The highest BCUT2D eigenvalue weighted by molar-refractivity contribution is 6.07. The zero-order valence-corrected chi connectivity index (χ0v) is 25.2. The number of ketones is 1. The third-order valence-corrected chi connectivity index (χ3v) is 7.04. The van der Waals surface area contributed by atoms with Crippen LogP contribution in [-0.4, -0.2) is 32.6 Å². The van der Waals surface area contributed by atoms with E-state index in [1.807, 2.05) is 6.07 Å². The van der Waals surface area contributed by atoms with E-state index in [-0.39, 0.29) is 5.78 Å². The lowest BCUT2D eigenvalue weighted by molar-refractivity contribution is 0.0734. The molecule has 6 heteroatoms. The van der Waals surface area contributed by atoms with Gasteiger partial charge in [0.25, 0.3) is 0 Å². The predicted octanol–water partition coefficient (Wildman–Crippen LogP) is 9.12.